The fraction of sp³-hybridized carbons (Fsp3) is 1.00. The maximum atomic E-state index is 6.12. The van der Waals surface area contributed by atoms with E-state index < -0.39 is 7.42 Å². The van der Waals surface area contributed by atoms with Gasteiger partial charge in [0.2, 0.25) is 7.42 Å². The first-order chi connectivity index (χ1) is 11.7. The molecule has 0 aliphatic carbocycles. The predicted octanol–water partition coefficient (Wildman–Crippen LogP) is 9.12. The Morgan fingerprint density at radius 1 is 0.542 bits per heavy atom. The lowest BCUT2D eigenvalue weighted by molar-refractivity contribution is 0.524. The van der Waals surface area contributed by atoms with E-state index in [4.69, 9.17) is 22.2 Å². The van der Waals surface area contributed by atoms with Crippen LogP contribution in [0.4, 0.5) is 0 Å². The molecule has 0 saturated carbocycles. The minimum atomic E-state index is -1.44. The van der Waals surface area contributed by atoms with Crippen LogP contribution in [-0.4, -0.2) is 7.42 Å². The number of halogens is 2. The van der Waals surface area contributed by atoms with Gasteiger partial charge in [-0.15, -0.1) is 0 Å². The second-order valence-electron chi connectivity index (χ2n) is 7.59. The summed E-state index contributed by atoms with van der Waals surface area (Å²) in [7, 11) is -1.44. The van der Waals surface area contributed by atoms with Crippen LogP contribution in [0.3, 0.4) is 0 Å². The summed E-state index contributed by atoms with van der Waals surface area (Å²) < 4.78 is 0. The molecule has 0 aromatic heterocycles. The van der Waals surface area contributed by atoms with Crippen molar-refractivity contribution in [1.29, 1.82) is 0 Å². The zero-order valence-corrected chi connectivity index (χ0v) is 19.3. The lowest BCUT2D eigenvalue weighted by Crippen LogP contribution is -2.05. The molecule has 146 valence electrons. The second-order valence-corrected chi connectivity index (χ2v) is 12.7. The summed E-state index contributed by atoms with van der Waals surface area (Å²) in [5.41, 5.74) is 0.639. The Kier molecular flexibility index (Phi) is 20.8. The van der Waals surface area contributed by atoms with E-state index in [0.29, 0.717) is 5.54 Å². The Balaban J connectivity index is 3.10. The number of rotatable bonds is 19. The normalized spacial score (nSPS) is 12.9. The summed E-state index contributed by atoms with van der Waals surface area (Å²) in [5.74, 6) is 0. The molecule has 24 heavy (non-hydrogen) atoms. The zero-order chi connectivity index (χ0) is 17.9. The second kappa shape index (κ2) is 20.1. The Bertz CT molecular complexity index is 234. The van der Waals surface area contributed by atoms with Gasteiger partial charge in [0.1, 0.15) is 0 Å². The molecule has 0 amide bonds. The molecule has 1 unspecified atom stereocenters. The summed E-state index contributed by atoms with van der Waals surface area (Å²) in [5, 5.41) is 0. The zero-order valence-electron chi connectivity index (χ0n) is 16.6. The summed E-state index contributed by atoms with van der Waals surface area (Å²) in [6.45, 7) is 4.52. The molecule has 0 heterocycles. The quantitative estimate of drug-likeness (QED) is 0.116. The summed E-state index contributed by atoms with van der Waals surface area (Å²) >= 11 is 12.2. The number of hydrogen-bond acceptors (Lipinski definition) is 0. The molecule has 0 fully saturated rings. The summed E-state index contributed by atoms with van der Waals surface area (Å²) in [6, 6.07) is 0. The van der Waals surface area contributed by atoms with Crippen LogP contribution in [0.25, 0.3) is 0 Å². The van der Waals surface area contributed by atoms with Crippen molar-refractivity contribution < 1.29 is 0 Å². The van der Waals surface area contributed by atoms with Crippen LogP contribution in [0.5, 0.6) is 0 Å². The third-order valence-electron chi connectivity index (χ3n) is 5.31. The van der Waals surface area contributed by atoms with E-state index in [1.54, 1.807) is 0 Å². The van der Waals surface area contributed by atoms with Crippen molar-refractivity contribution in [2.75, 3.05) is 0 Å². The maximum Gasteiger partial charge on any atom is 0.240 e. The van der Waals surface area contributed by atoms with Crippen molar-refractivity contribution in [3.63, 3.8) is 0 Å². The van der Waals surface area contributed by atoms with Gasteiger partial charge in [-0.1, -0.05) is 129 Å². The van der Waals surface area contributed by atoms with E-state index in [9.17, 15) is 0 Å². The van der Waals surface area contributed by atoms with Crippen LogP contribution in [0.1, 0.15) is 129 Å². The monoisotopic (exact) mass is 394 g/mol. The van der Waals surface area contributed by atoms with E-state index in [2.05, 4.69) is 13.8 Å². The van der Waals surface area contributed by atoms with Gasteiger partial charge in [-0.2, -0.15) is 22.2 Å². The minimum Gasteiger partial charge on any atom is -0.150 e. The predicted molar refractivity (Wildman–Crippen MR) is 117 cm³/mol. The Morgan fingerprint density at radius 2 is 0.875 bits per heavy atom. The average molecular weight is 396 g/mol. The third kappa shape index (κ3) is 17.6. The van der Waals surface area contributed by atoms with Gasteiger partial charge in [-0.3, -0.25) is 0 Å². The van der Waals surface area contributed by atoms with Crippen molar-refractivity contribution in [3.05, 3.63) is 0 Å². The molecule has 0 N–H and O–H groups in total. The van der Waals surface area contributed by atoms with Crippen molar-refractivity contribution in [1.82, 2.24) is 0 Å². The van der Waals surface area contributed by atoms with Gasteiger partial charge in [-0.05, 0) is 5.54 Å². The van der Waals surface area contributed by atoms with Gasteiger partial charge in [0.05, 0.1) is 0 Å². The first kappa shape index (κ1) is 24.8. The van der Waals surface area contributed by atoms with E-state index in [-0.39, 0.29) is 0 Å². The number of hydrogen-bond donors (Lipinski definition) is 0. The van der Waals surface area contributed by atoms with E-state index in [1.807, 2.05) is 0 Å². The van der Waals surface area contributed by atoms with Gasteiger partial charge < -0.3 is 0 Å². The van der Waals surface area contributed by atoms with E-state index in [0.717, 1.165) is 0 Å². The molecule has 0 aromatic rings. The molecule has 1 atom stereocenters. The Morgan fingerprint density at radius 3 is 1.17 bits per heavy atom. The largest absolute Gasteiger partial charge is 0.240 e. The molecule has 0 aliphatic heterocycles. The molecule has 0 aliphatic rings. The standard InChI is InChI=1S/C21H44Cl2Si/c1-3-5-6-7-8-9-10-11-12-13-14-15-16-17-18-19-20-21(4-2)24(22)23/h21,24H,3-20H2,1-2H3. The maximum absolute atomic E-state index is 6.12. The Labute approximate surface area is 164 Å². The van der Waals surface area contributed by atoms with Gasteiger partial charge in [0.15, 0.2) is 0 Å². The van der Waals surface area contributed by atoms with Crippen molar-refractivity contribution in [3.8, 4) is 0 Å². The SMILES string of the molecule is CCCCCCCCCCCCCCCCCCC(CC)[SiH](Cl)Cl. The van der Waals surface area contributed by atoms with Gasteiger partial charge in [0.25, 0.3) is 0 Å². The van der Waals surface area contributed by atoms with Crippen LogP contribution in [0, 0.1) is 0 Å². The third-order valence-corrected chi connectivity index (χ3v) is 8.96. The highest BCUT2D eigenvalue weighted by molar-refractivity contribution is 7.34. The van der Waals surface area contributed by atoms with Crippen molar-refractivity contribution in [2.45, 2.75) is 135 Å². The molecule has 0 rings (SSSR count). The minimum absolute atomic E-state index is 0.639. The lowest BCUT2D eigenvalue weighted by atomic mass is 10.0. The number of unbranched alkanes of at least 4 members (excludes halogenated alkanes) is 15. The molecule has 0 nitrogen and oxygen atoms in total. The van der Waals surface area contributed by atoms with E-state index in [1.165, 1.54) is 116 Å². The van der Waals surface area contributed by atoms with Gasteiger partial charge in [0, 0.05) is 0 Å². The average Bonchev–Trinajstić information content (AvgIpc) is 2.57. The molecule has 0 spiro atoms. The molecule has 0 radical (unpaired) electrons. The van der Waals surface area contributed by atoms with Crippen molar-refractivity contribution >= 4 is 29.6 Å². The molecular weight excluding hydrogens is 351 g/mol. The molecule has 0 bridgehead atoms. The summed E-state index contributed by atoms with van der Waals surface area (Å²) in [4.78, 5) is 0. The first-order valence-electron chi connectivity index (χ1n) is 11.0. The first-order valence-corrected chi connectivity index (χ1v) is 15.2. The summed E-state index contributed by atoms with van der Waals surface area (Å²) in [6.07, 6.45) is 25.4. The lowest BCUT2D eigenvalue weighted by Gasteiger charge is -2.13. The van der Waals surface area contributed by atoms with Crippen LogP contribution in [0.2, 0.25) is 5.54 Å². The smallest absolute Gasteiger partial charge is 0.150 e. The van der Waals surface area contributed by atoms with Crippen LogP contribution in [0.15, 0.2) is 0 Å². The van der Waals surface area contributed by atoms with Gasteiger partial charge >= 0.3 is 0 Å². The molecular formula is C21H44Cl2Si. The highest BCUT2D eigenvalue weighted by atomic mass is 35.7. The van der Waals surface area contributed by atoms with Crippen molar-refractivity contribution in [2.24, 2.45) is 0 Å². The van der Waals surface area contributed by atoms with Crippen LogP contribution >= 0.6 is 22.2 Å². The highest BCUT2D eigenvalue weighted by Crippen LogP contribution is 2.27. The molecule has 3 heteroatoms. The van der Waals surface area contributed by atoms with Gasteiger partial charge in [-0.25, -0.2) is 0 Å². The van der Waals surface area contributed by atoms with E-state index >= 15 is 0 Å². The van der Waals surface area contributed by atoms with Crippen LogP contribution in [-0.2, 0) is 0 Å². The van der Waals surface area contributed by atoms with Crippen LogP contribution < -0.4 is 0 Å². The highest BCUT2D eigenvalue weighted by Gasteiger charge is 2.16. The molecule has 0 saturated heterocycles. The molecule has 0 aromatic carbocycles. The Hall–Kier alpha value is 0.797. The topological polar surface area (TPSA) is 0 Å². The fourth-order valence-electron chi connectivity index (χ4n) is 3.46. The fourth-order valence-corrected chi connectivity index (χ4v) is 6.13.